The maximum atomic E-state index is 12.3. The van der Waals surface area contributed by atoms with Gasteiger partial charge in [-0.05, 0) is 43.2 Å². The summed E-state index contributed by atoms with van der Waals surface area (Å²) in [5, 5.41) is 0. The van der Waals surface area contributed by atoms with E-state index < -0.39 is 10.0 Å². The predicted octanol–water partition coefficient (Wildman–Crippen LogP) is 2.85. The number of aryl methyl sites for hydroxylation is 1. The van der Waals surface area contributed by atoms with Crippen molar-refractivity contribution in [1.29, 1.82) is 0 Å². The number of nitrogens with zero attached hydrogens (tertiary/aromatic N) is 1. The standard InChI is InChI=1S/C14H16N2O2S2/c1-10-3-6-14(19-10)20(17,18)15-12-5-4-11-7-8-16(2)13(11)9-12/h3-6,9,15H,7-8H2,1-2H3. The van der Waals surface area contributed by atoms with Crippen LogP contribution in [0.2, 0.25) is 0 Å². The Balaban J connectivity index is 1.90. The van der Waals surface area contributed by atoms with Crippen LogP contribution in [0.4, 0.5) is 11.4 Å². The molecule has 0 amide bonds. The number of hydrogen-bond acceptors (Lipinski definition) is 4. The Bertz CT molecular complexity index is 750. The average molecular weight is 308 g/mol. The lowest BCUT2D eigenvalue weighted by molar-refractivity contribution is 0.603. The molecule has 20 heavy (non-hydrogen) atoms. The third-order valence-corrected chi connectivity index (χ3v) is 6.32. The van der Waals surface area contributed by atoms with Crippen LogP contribution in [0.15, 0.2) is 34.5 Å². The quantitative estimate of drug-likeness (QED) is 0.948. The molecule has 0 radical (unpaired) electrons. The minimum absolute atomic E-state index is 0.351. The molecule has 0 bridgehead atoms. The fraction of sp³-hybridized carbons (Fsp3) is 0.286. The normalized spacial score (nSPS) is 14.4. The lowest BCUT2D eigenvalue weighted by Crippen LogP contribution is -2.14. The highest BCUT2D eigenvalue weighted by atomic mass is 32.2. The third-order valence-electron chi connectivity index (χ3n) is 3.45. The zero-order chi connectivity index (χ0) is 14.3. The first-order valence-electron chi connectivity index (χ1n) is 6.39. The zero-order valence-electron chi connectivity index (χ0n) is 11.4. The molecule has 3 rings (SSSR count). The number of thiophene rings is 1. The van der Waals surface area contributed by atoms with Gasteiger partial charge in [-0.2, -0.15) is 0 Å². The van der Waals surface area contributed by atoms with E-state index in [0.717, 1.165) is 23.5 Å². The predicted molar refractivity (Wildman–Crippen MR) is 83.3 cm³/mol. The van der Waals surface area contributed by atoms with Crippen LogP contribution in [-0.2, 0) is 16.4 Å². The van der Waals surface area contributed by atoms with E-state index in [1.807, 2.05) is 38.2 Å². The first-order valence-corrected chi connectivity index (χ1v) is 8.69. The maximum Gasteiger partial charge on any atom is 0.271 e. The summed E-state index contributed by atoms with van der Waals surface area (Å²) in [6, 6.07) is 9.18. The van der Waals surface area contributed by atoms with E-state index in [1.165, 1.54) is 16.9 Å². The molecule has 1 aliphatic rings. The first kappa shape index (κ1) is 13.5. The monoisotopic (exact) mass is 308 g/mol. The van der Waals surface area contributed by atoms with Gasteiger partial charge in [0.1, 0.15) is 4.21 Å². The molecule has 0 fully saturated rings. The number of rotatable bonds is 3. The smallest absolute Gasteiger partial charge is 0.271 e. The molecule has 4 nitrogen and oxygen atoms in total. The summed E-state index contributed by atoms with van der Waals surface area (Å²) in [6.45, 7) is 2.88. The van der Waals surface area contributed by atoms with Gasteiger partial charge < -0.3 is 4.90 Å². The number of anilines is 2. The summed E-state index contributed by atoms with van der Waals surface area (Å²) in [4.78, 5) is 3.13. The molecule has 1 aromatic heterocycles. The molecule has 1 aliphatic heterocycles. The molecule has 106 valence electrons. The Labute approximate surface area is 123 Å². The second-order valence-electron chi connectivity index (χ2n) is 4.99. The Morgan fingerprint density at radius 3 is 2.75 bits per heavy atom. The van der Waals surface area contributed by atoms with Crippen molar-refractivity contribution in [2.24, 2.45) is 0 Å². The van der Waals surface area contributed by atoms with Crippen LogP contribution < -0.4 is 9.62 Å². The van der Waals surface area contributed by atoms with Gasteiger partial charge in [-0.3, -0.25) is 4.72 Å². The van der Waals surface area contributed by atoms with Crippen molar-refractivity contribution in [3.05, 3.63) is 40.8 Å². The van der Waals surface area contributed by atoms with Crippen molar-refractivity contribution in [3.63, 3.8) is 0 Å². The van der Waals surface area contributed by atoms with Crippen molar-refractivity contribution in [2.45, 2.75) is 17.6 Å². The van der Waals surface area contributed by atoms with Crippen molar-refractivity contribution < 1.29 is 8.42 Å². The number of fused-ring (bicyclic) bond motifs is 1. The van der Waals surface area contributed by atoms with Gasteiger partial charge in [-0.1, -0.05) is 6.07 Å². The van der Waals surface area contributed by atoms with Crippen LogP contribution in [0, 0.1) is 6.92 Å². The van der Waals surface area contributed by atoms with Gasteiger partial charge in [0.25, 0.3) is 10.0 Å². The van der Waals surface area contributed by atoms with Crippen LogP contribution in [0.25, 0.3) is 0 Å². The summed E-state index contributed by atoms with van der Waals surface area (Å²) >= 11 is 1.28. The zero-order valence-corrected chi connectivity index (χ0v) is 13.0. The summed E-state index contributed by atoms with van der Waals surface area (Å²) in [6.07, 6.45) is 1.02. The van der Waals surface area contributed by atoms with Crippen LogP contribution in [-0.4, -0.2) is 22.0 Å². The van der Waals surface area contributed by atoms with Crippen LogP contribution in [0.5, 0.6) is 0 Å². The molecule has 0 spiro atoms. The van der Waals surface area contributed by atoms with Gasteiger partial charge in [-0.25, -0.2) is 8.42 Å². The fourth-order valence-electron chi connectivity index (χ4n) is 2.36. The second kappa shape index (κ2) is 4.79. The van der Waals surface area contributed by atoms with E-state index in [2.05, 4.69) is 9.62 Å². The van der Waals surface area contributed by atoms with Crippen LogP contribution in [0.3, 0.4) is 0 Å². The van der Waals surface area contributed by atoms with Gasteiger partial charge in [0.15, 0.2) is 0 Å². The van der Waals surface area contributed by atoms with Crippen molar-refractivity contribution in [1.82, 2.24) is 0 Å². The van der Waals surface area contributed by atoms with Gasteiger partial charge in [0.05, 0.1) is 5.69 Å². The molecule has 0 saturated carbocycles. The number of sulfonamides is 1. The molecule has 6 heteroatoms. The van der Waals surface area contributed by atoms with Crippen molar-refractivity contribution in [3.8, 4) is 0 Å². The van der Waals surface area contributed by atoms with E-state index in [0.29, 0.717) is 9.90 Å². The summed E-state index contributed by atoms with van der Waals surface area (Å²) < 4.78 is 27.6. The highest BCUT2D eigenvalue weighted by molar-refractivity contribution is 7.94. The SMILES string of the molecule is Cc1ccc(S(=O)(=O)Nc2ccc3c(c2)N(C)CC3)s1. The van der Waals surface area contributed by atoms with Gasteiger partial charge in [0, 0.05) is 24.2 Å². The molecule has 1 aromatic carbocycles. The van der Waals surface area contributed by atoms with Gasteiger partial charge in [-0.15, -0.1) is 11.3 Å². The summed E-state index contributed by atoms with van der Waals surface area (Å²) in [5.41, 5.74) is 2.98. The maximum absolute atomic E-state index is 12.3. The van der Waals surface area contributed by atoms with Gasteiger partial charge in [0.2, 0.25) is 0 Å². The van der Waals surface area contributed by atoms with E-state index in [1.54, 1.807) is 6.07 Å². The molecule has 0 saturated heterocycles. The molecular formula is C14H16N2O2S2. The van der Waals surface area contributed by atoms with E-state index in [9.17, 15) is 8.42 Å². The van der Waals surface area contributed by atoms with Crippen molar-refractivity contribution in [2.75, 3.05) is 23.2 Å². The number of likely N-dealkylation sites (N-methyl/N-ethyl adjacent to an activating group) is 1. The van der Waals surface area contributed by atoms with E-state index in [4.69, 9.17) is 0 Å². The highest BCUT2D eigenvalue weighted by Crippen LogP contribution is 2.31. The Kier molecular flexibility index (Phi) is 3.22. The fourth-order valence-corrected chi connectivity index (χ4v) is 4.70. The van der Waals surface area contributed by atoms with Crippen molar-refractivity contribution >= 4 is 32.7 Å². The summed E-state index contributed by atoms with van der Waals surface area (Å²) in [7, 11) is -1.46. The number of benzene rings is 1. The van der Waals surface area contributed by atoms with Crippen LogP contribution >= 0.6 is 11.3 Å². The Morgan fingerprint density at radius 1 is 1.25 bits per heavy atom. The minimum atomic E-state index is -3.48. The van der Waals surface area contributed by atoms with Crippen LogP contribution in [0.1, 0.15) is 10.4 Å². The second-order valence-corrected chi connectivity index (χ2v) is 8.18. The number of hydrogen-bond donors (Lipinski definition) is 1. The topological polar surface area (TPSA) is 49.4 Å². The Morgan fingerprint density at radius 2 is 2.05 bits per heavy atom. The van der Waals surface area contributed by atoms with E-state index in [-0.39, 0.29) is 0 Å². The van der Waals surface area contributed by atoms with E-state index >= 15 is 0 Å². The van der Waals surface area contributed by atoms with Gasteiger partial charge >= 0.3 is 0 Å². The lowest BCUT2D eigenvalue weighted by Gasteiger charge is -2.13. The first-order chi connectivity index (χ1) is 9.45. The molecular weight excluding hydrogens is 292 g/mol. The third kappa shape index (κ3) is 2.41. The summed E-state index contributed by atoms with van der Waals surface area (Å²) in [5.74, 6) is 0. The molecule has 0 atom stereocenters. The molecule has 2 heterocycles. The molecule has 1 N–H and O–H groups in total. The highest BCUT2D eigenvalue weighted by Gasteiger charge is 2.19. The molecule has 0 unspecified atom stereocenters. The molecule has 2 aromatic rings. The average Bonchev–Trinajstić information content (AvgIpc) is 2.97. The Hall–Kier alpha value is -1.53. The minimum Gasteiger partial charge on any atom is -0.374 e. The largest absolute Gasteiger partial charge is 0.374 e. The number of nitrogens with one attached hydrogen (secondary N) is 1. The lowest BCUT2D eigenvalue weighted by atomic mass is 10.1. The molecule has 0 aliphatic carbocycles.